The number of hydrogen-bond acceptors (Lipinski definition) is 6. The van der Waals surface area contributed by atoms with Crippen molar-refractivity contribution < 1.29 is 9.47 Å². The number of ether oxygens (including phenoxy) is 2. The maximum atomic E-state index is 12.7. The molecule has 3 heterocycles. The van der Waals surface area contributed by atoms with Gasteiger partial charge in [-0.2, -0.15) is 0 Å². The highest BCUT2D eigenvalue weighted by molar-refractivity contribution is 7.98. The normalized spacial score (nSPS) is 13.7. The lowest BCUT2D eigenvalue weighted by atomic mass is 10.1. The first-order chi connectivity index (χ1) is 12.5. The molecule has 0 bridgehead atoms. The Labute approximate surface area is 163 Å². The molecular weight excluding hydrogens is 392 g/mol. The van der Waals surface area contributed by atoms with Crippen LogP contribution in [0.3, 0.4) is 0 Å². The Morgan fingerprint density at radius 1 is 1.38 bits per heavy atom. The number of thioether (sulfide) groups is 1. The van der Waals surface area contributed by atoms with Crippen molar-refractivity contribution in [2.45, 2.75) is 31.4 Å². The minimum atomic E-state index is -0.00266. The zero-order valence-electron chi connectivity index (χ0n) is 14.6. The second kappa shape index (κ2) is 6.88. The topological polar surface area (TPSA) is 53.4 Å². The standard InChI is InChI=1S/C18H17ClN2O3S2/c1-9-10(2)26-16-14(9)17(22)21(3)18(20-16)25-7-12-5-13(19)4-11-6-23-8-24-15(11)12/h4-5H,6-8H2,1-3H3. The number of aromatic nitrogens is 2. The molecule has 3 aromatic rings. The van der Waals surface area contributed by atoms with Crippen LogP contribution in [0.5, 0.6) is 5.75 Å². The lowest BCUT2D eigenvalue weighted by Crippen LogP contribution is -2.20. The van der Waals surface area contributed by atoms with Crippen molar-refractivity contribution in [3.8, 4) is 5.75 Å². The molecule has 0 radical (unpaired) electrons. The van der Waals surface area contributed by atoms with Crippen molar-refractivity contribution in [1.82, 2.24) is 9.55 Å². The summed E-state index contributed by atoms with van der Waals surface area (Å²) in [7, 11) is 1.77. The predicted molar refractivity (Wildman–Crippen MR) is 106 cm³/mol. The van der Waals surface area contributed by atoms with Crippen LogP contribution in [0.25, 0.3) is 10.2 Å². The monoisotopic (exact) mass is 408 g/mol. The molecule has 8 heteroatoms. The van der Waals surface area contributed by atoms with Crippen LogP contribution in [0.1, 0.15) is 21.6 Å². The summed E-state index contributed by atoms with van der Waals surface area (Å²) in [5.41, 5.74) is 2.94. The molecule has 4 rings (SSSR count). The highest BCUT2D eigenvalue weighted by Gasteiger charge is 2.19. The SMILES string of the molecule is Cc1sc2nc(SCc3cc(Cl)cc4c3OCOC4)n(C)c(=O)c2c1C. The summed E-state index contributed by atoms with van der Waals surface area (Å²) in [5.74, 6) is 1.43. The van der Waals surface area contributed by atoms with E-state index in [0.29, 0.717) is 22.5 Å². The molecule has 26 heavy (non-hydrogen) atoms. The van der Waals surface area contributed by atoms with Crippen LogP contribution in [0, 0.1) is 13.8 Å². The van der Waals surface area contributed by atoms with Crippen LogP contribution in [0.2, 0.25) is 5.02 Å². The average Bonchev–Trinajstić information content (AvgIpc) is 2.90. The summed E-state index contributed by atoms with van der Waals surface area (Å²) in [6.45, 7) is 4.72. The maximum absolute atomic E-state index is 12.7. The molecule has 5 nitrogen and oxygen atoms in total. The van der Waals surface area contributed by atoms with Gasteiger partial charge in [-0.25, -0.2) is 4.98 Å². The summed E-state index contributed by atoms with van der Waals surface area (Å²) in [4.78, 5) is 19.4. The molecular formula is C18H17ClN2O3S2. The van der Waals surface area contributed by atoms with Gasteiger partial charge in [0.15, 0.2) is 11.9 Å². The Hall–Kier alpha value is -1.54. The van der Waals surface area contributed by atoms with Gasteiger partial charge in [0.1, 0.15) is 10.6 Å². The van der Waals surface area contributed by atoms with E-state index in [1.165, 1.54) is 11.8 Å². The number of thiophene rings is 1. The Morgan fingerprint density at radius 3 is 3.00 bits per heavy atom. The average molecular weight is 409 g/mol. The third-order valence-corrected chi connectivity index (χ3v) is 6.88. The number of rotatable bonds is 3. The quantitative estimate of drug-likeness (QED) is 0.474. The largest absolute Gasteiger partial charge is 0.467 e. The van der Waals surface area contributed by atoms with Crippen molar-refractivity contribution in [3.05, 3.63) is 49.1 Å². The van der Waals surface area contributed by atoms with Crippen molar-refractivity contribution >= 4 is 44.9 Å². The Kier molecular flexibility index (Phi) is 4.73. The summed E-state index contributed by atoms with van der Waals surface area (Å²) >= 11 is 9.30. The van der Waals surface area contributed by atoms with Gasteiger partial charge in [-0.3, -0.25) is 9.36 Å². The molecule has 0 amide bonds. The molecule has 1 aromatic carbocycles. The van der Waals surface area contributed by atoms with E-state index in [4.69, 9.17) is 26.1 Å². The van der Waals surface area contributed by atoms with Gasteiger partial charge in [-0.05, 0) is 31.5 Å². The molecule has 1 aliphatic rings. The van der Waals surface area contributed by atoms with Crippen LogP contribution in [-0.4, -0.2) is 16.3 Å². The Balaban J connectivity index is 1.70. The number of fused-ring (bicyclic) bond motifs is 2. The van der Waals surface area contributed by atoms with Crippen LogP contribution in [0.4, 0.5) is 0 Å². The minimum absolute atomic E-state index is 0.00266. The van der Waals surface area contributed by atoms with Gasteiger partial charge < -0.3 is 9.47 Å². The lowest BCUT2D eigenvalue weighted by molar-refractivity contribution is -0.0168. The van der Waals surface area contributed by atoms with Crippen LogP contribution in [-0.2, 0) is 24.1 Å². The van der Waals surface area contributed by atoms with E-state index < -0.39 is 0 Å². The zero-order valence-corrected chi connectivity index (χ0v) is 17.0. The predicted octanol–water partition coefficient (Wildman–Crippen LogP) is 4.42. The van der Waals surface area contributed by atoms with Gasteiger partial charge in [0.2, 0.25) is 0 Å². The van der Waals surface area contributed by atoms with Gasteiger partial charge in [-0.15, -0.1) is 11.3 Å². The molecule has 0 saturated heterocycles. The highest BCUT2D eigenvalue weighted by atomic mass is 35.5. The fourth-order valence-electron chi connectivity index (χ4n) is 2.99. The third-order valence-electron chi connectivity index (χ3n) is 4.48. The van der Waals surface area contributed by atoms with E-state index in [0.717, 1.165) is 37.5 Å². The van der Waals surface area contributed by atoms with Gasteiger partial charge >= 0.3 is 0 Å². The Bertz CT molecular complexity index is 1070. The summed E-state index contributed by atoms with van der Waals surface area (Å²) in [6.07, 6.45) is 0. The van der Waals surface area contributed by atoms with E-state index >= 15 is 0 Å². The molecule has 0 N–H and O–H groups in total. The van der Waals surface area contributed by atoms with Crippen LogP contribution < -0.4 is 10.3 Å². The molecule has 0 unspecified atom stereocenters. The molecule has 0 atom stereocenters. The molecule has 0 aliphatic carbocycles. The van der Waals surface area contributed by atoms with E-state index in [1.807, 2.05) is 26.0 Å². The number of benzene rings is 1. The first kappa shape index (κ1) is 17.9. The van der Waals surface area contributed by atoms with Crippen molar-refractivity contribution in [3.63, 3.8) is 0 Å². The number of nitrogens with zero attached hydrogens (tertiary/aromatic N) is 2. The molecule has 136 valence electrons. The fourth-order valence-corrected chi connectivity index (χ4v) is 5.26. The van der Waals surface area contributed by atoms with E-state index in [-0.39, 0.29) is 12.4 Å². The molecule has 2 aromatic heterocycles. The maximum Gasteiger partial charge on any atom is 0.262 e. The number of hydrogen-bond donors (Lipinski definition) is 0. The van der Waals surface area contributed by atoms with Gasteiger partial charge in [0.25, 0.3) is 5.56 Å². The molecule has 0 spiro atoms. The number of aryl methyl sites for hydroxylation is 2. The number of halogens is 1. The lowest BCUT2D eigenvalue weighted by Gasteiger charge is -2.21. The van der Waals surface area contributed by atoms with Crippen molar-refractivity contribution in [2.24, 2.45) is 7.05 Å². The van der Waals surface area contributed by atoms with E-state index in [9.17, 15) is 4.79 Å². The molecule has 0 fully saturated rings. The van der Waals surface area contributed by atoms with Gasteiger partial charge in [-0.1, -0.05) is 23.4 Å². The minimum Gasteiger partial charge on any atom is -0.467 e. The molecule has 1 aliphatic heterocycles. The first-order valence-electron chi connectivity index (χ1n) is 8.07. The van der Waals surface area contributed by atoms with E-state index in [2.05, 4.69) is 0 Å². The van der Waals surface area contributed by atoms with Crippen molar-refractivity contribution in [1.29, 1.82) is 0 Å². The fraction of sp³-hybridized carbons (Fsp3) is 0.333. The Morgan fingerprint density at radius 2 is 2.19 bits per heavy atom. The van der Waals surface area contributed by atoms with Crippen molar-refractivity contribution in [2.75, 3.05) is 6.79 Å². The summed E-state index contributed by atoms with van der Waals surface area (Å²) in [6, 6.07) is 3.76. The van der Waals surface area contributed by atoms with Crippen LogP contribution >= 0.6 is 34.7 Å². The van der Waals surface area contributed by atoms with Gasteiger partial charge in [0, 0.05) is 33.8 Å². The highest BCUT2D eigenvalue weighted by Crippen LogP contribution is 2.35. The van der Waals surface area contributed by atoms with Crippen LogP contribution in [0.15, 0.2) is 22.1 Å². The smallest absolute Gasteiger partial charge is 0.262 e. The first-order valence-corrected chi connectivity index (χ1v) is 10.2. The van der Waals surface area contributed by atoms with E-state index in [1.54, 1.807) is 23.0 Å². The third kappa shape index (κ3) is 3.03. The summed E-state index contributed by atoms with van der Waals surface area (Å²) in [5, 5.41) is 2.06. The zero-order chi connectivity index (χ0) is 18.4. The second-order valence-corrected chi connectivity index (χ2v) is 8.76. The van der Waals surface area contributed by atoms with Gasteiger partial charge in [0.05, 0.1) is 12.0 Å². The molecule has 0 saturated carbocycles. The summed E-state index contributed by atoms with van der Waals surface area (Å²) < 4.78 is 12.6. The second-order valence-electron chi connectivity index (χ2n) is 6.17.